The number of carboxylic acids is 1. The first-order chi connectivity index (χ1) is 9.60. The van der Waals surface area contributed by atoms with Crippen molar-refractivity contribution in [1.29, 1.82) is 0 Å². The Kier molecular flexibility index (Phi) is 5.87. The van der Waals surface area contributed by atoms with Gasteiger partial charge in [-0.15, -0.1) is 11.3 Å². The van der Waals surface area contributed by atoms with E-state index in [0.717, 1.165) is 11.3 Å². The lowest BCUT2D eigenvalue weighted by molar-refractivity contribution is 0.0698. The van der Waals surface area contributed by atoms with Crippen molar-refractivity contribution in [3.05, 3.63) is 15.8 Å². The first-order valence-electron chi connectivity index (χ1n) is 5.89. The van der Waals surface area contributed by atoms with E-state index in [9.17, 15) is 21.6 Å². The third-order valence-electron chi connectivity index (χ3n) is 2.41. The monoisotopic (exact) mass is 356 g/mol. The molecule has 0 spiro atoms. The minimum Gasteiger partial charge on any atom is -0.477 e. The summed E-state index contributed by atoms with van der Waals surface area (Å²) < 4.78 is 51.4. The van der Waals surface area contributed by atoms with Gasteiger partial charge in [0.15, 0.2) is 0 Å². The predicted octanol–water partition coefficient (Wildman–Crippen LogP) is -0.0277. The molecule has 0 amide bonds. The quantitative estimate of drug-likeness (QED) is 0.600. The van der Waals surface area contributed by atoms with Crippen LogP contribution in [0, 0.1) is 6.92 Å². The largest absolute Gasteiger partial charge is 0.477 e. The number of aromatic carboxylic acids is 1. The lowest BCUT2D eigenvalue weighted by atomic mass is 10.3. The van der Waals surface area contributed by atoms with E-state index >= 15 is 0 Å². The second-order valence-electron chi connectivity index (χ2n) is 4.10. The molecule has 0 unspecified atom stereocenters. The van der Waals surface area contributed by atoms with Gasteiger partial charge in [0.05, 0.1) is 5.75 Å². The van der Waals surface area contributed by atoms with Gasteiger partial charge in [-0.2, -0.15) is 0 Å². The molecule has 1 heterocycles. The molecule has 1 aromatic rings. The zero-order valence-corrected chi connectivity index (χ0v) is 13.9. The highest BCUT2D eigenvalue weighted by Crippen LogP contribution is 2.26. The van der Waals surface area contributed by atoms with Crippen LogP contribution < -0.4 is 9.44 Å². The second-order valence-corrected chi connectivity index (χ2v) is 8.61. The number of carboxylic acid groups (broad SMARTS) is 1. The summed E-state index contributed by atoms with van der Waals surface area (Å²) in [7, 11) is -7.62. The van der Waals surface area contributed by atoms with Crippen molar-refractivity contribution in [1.82, 2.24) is 9.44 Å². The molecule has 1 aromatic heterocycles. The third-order valence-corrected chi connectivity index (χ3v) is 6.74. The van der Waals surface area contributed by atoms with Crippen molar-refractivity contribution in [3.63, 3.8) is 0 Å². The van der Waals surface area contributed by atoms with Gasteiger partial charge in [0.2, 0.25) is 20.0 Å². The van der Waals surface area contributed by atoms with Crippen molar-refractivity contribution >= 4 is 37.4 Å². The van der Waals surface area contributed by atoms with Gasteiger partial charge in [-0.1, -0.05) is 6.92 Å². The Morgan fingerprint density at radius 2 is 1.90 bits per heavy atom. The van der Waals surface area contributed by atoms with Crippen LogP contribution in [0.1, 0.15) is 22.2 Å². The molecular weight excluding hydrogens is 340 g/mol. The number of hydrogen-bond acceptors (Lipinski definition) is 6. The summed E-state index contributed by atoms with van der Waals surface area (Å²) in [5.41, 5.74) is 0.305. The highest BCUT2D eigenvalue weighted by Gasteiger charge is 2.26. The number of carbonyl (C=O) groups is 1. The fourth-order valence-electron chi connectivity index (χ4n) is 1.59. The van der Waals surface area contributed by atoms with E-state index in [0.29, 0.717) is 5.56 Å². The molecule has 0 saturated carbocycles. The summed E-state index contributed by atoms with van der Waals surface area (Å²) in [5.74, 6) is -1.76. The predicted molar refractivity (Wildman–Crippen MR) is 78.7 cm³/mol. The Bertz CT molecular complexity index is 720. The lowest BCUT2D eigenvalue weighted by Crippen LogP contribution is -2.34. The molecule has 0 aliphatic heterocycles. The molecule has 8 nitrogen and oxygen atoms in total. The molecule has 0 aromatic carbocycles. The molecule has 21 heavy (non-hydrogen) atoms. The van der Waals surface area contributed by atoms with Crippen molar-refractivity contribution in [2.45, 2.75) is 18.7 Å². The van der Waals surface area contributed by atoms with Crippen LogP contribution in [0.3, 0.4) is 0 Å². The number of sulfonamides is 2. The Hall–Kier alpha value is -1.01. The number of nitrogens with one attached hydrogen (secondary N) is 2. The molecule has 3 N–H and O–H groups in total. The van der Waals surface area contributed by atoms with Crippen molar-refractivity contribution in [3.8, 4) is 0 Å². The summed E-state index contributed by atoms with van der Waals surface area (Å²) in [6.07, 6.45) is 0. The average Bonchev–Trinajstić information content (AvgIpc) is 2.71. The van der Waals surface area contributed by atoms with Gasteiger partial charge in [0.25, 0.3) is 0 Å². The van der Waals surface area contributed by atoms with Gasteiger partial charge in [0, 0.05) is 13.1 Å². The van der Waals surface area contributed by atoms with Crippen LogP contribution in [0.25, 0.3) is 0 Å². The van der Waals surface area contributed by atoms with Gasteiger partial charge in [-0.05, 0) is 17.9 Å². The Balaban J connectivity index is 2.89. The first-order valence-corrected chi connectivity index (χ1v) is 9.90. The molecule has 0 atom stereocenters. The number of aryl methyl sites for hydroxylation is 1. The van der Waals surface area contributed by atoms with E-state index < -0.39 is 31.8 Å². The van der Waals surface area contributed by atoms with Crippen molar-refractivity contribution < 1.29 is 26.7 Å². The molecule has 11 heteroatoms. The van der Waals surface area contributed by atoms with Crippen molar-refractivity contribution in [2.24, 2.45) is 0 Å². The van der Waals surface area contributed by atoms with Crippen LogP contribution >= 0.6 is 11.3 Å². The summed E-state index contributed by atoms with van der Waals surface area (Å²) in [6.45, 7) is 2.95. The molecule has 0 bridgehead atoms. The number of thiophene rings is 1. The Morgan fingerprint density at radius 1 is 1.29 bits per heavy atom. The van der Waals surface area contributed by atoms with E-state index in [1.807, 2.05) is 0 Å². The van der Waals surface area contributed by atoms with Gasteiger partial charge < -0.3 is 5.11 Å². The molecular formula is C10H16N2O6S3. The Morgan fingerprint density at radius 3 is 2.43 bits per heavy atom. The van der Waals surface area contributed by atoms with Crippen molar-refractivity contribution in [2.75, 3.05) is 18.8 Å². The second kappa shape index (κ2) is 6.83. The summed E-state index contributed by atoms with van der Waals surface area (Å²) in [4.78, 5) is 10.4. The molecule has 0 saturated heterocycles. The maximum atomic E-state index is 12.1. The number of hydrogen-bond donors (Lipinski definition) is 3. The van der Waals surface area contributed by atoms with E-state index in [1.165, 1.54) is 12.3 Å². The highest BCUT2D eigenvalue weighted by atomic mass is 32.2. The van der Waals surface area contributed by atoms with Crippen LogP contribution in [0.4, 0.5) is 0 Å². The summed E-state index contributed by atoms with van der Waals surface area (Å²) in [5, 5.41) is 10.4. The standard InChI is InChI=1S/C10H16N2O6S3/c1-3-11-20(15,16)5-4-12-21(17,18)9-7(2)6-19-8(9)10(13)14/h6,11-12H,3-5H2,1-2H3,(H,13,14). The summed E-state index contributed by atoms with van der Waals surface area (Å²) >= 11 is 0.809. The zero-order valence-electron chi connectivity index (χ0n) is 11.4. The van der Waals surface area contributed by atoms with E-state index in [4.69, 9.17) is 5.11 Å². The summed E-state index contributed by atoms with van der Waals surface area (Å²) in [6, 6.07) is 0. The fraction of sp³-hybridized carbons (Fsp3) is 0.500. The smallest absolute Gasteiger partial charge is 0.347 e. The van der Waals surface area contributed by atoms with Crippen LogP contribution in [-0.2, 0) is 20.0 Å². The first kappa shape index (κ1) is 18.0. The molecule has 0 aliphatic carbocycles. The lowest BCUT2D eigenvalue weighted by Gasteiger charge is -2.08. The maximum Gasteiger partial charge on any atom is 0.347 e. The van der Waals surface area contributed by atoms with E-state index in [1.54, 1.807) is 6.92 Å². The number of rotatable bonds is 8. The van der Waals surface area contributed by atoms with Gasteiger partial charge in [0.1, 0.15) is 9.77 Å². The van der Waals surface area contributed by atoms with Crippen LogP contribution in [0.15, 0.2) is 10.3 Å². The van der Waals surface area contributed by atoms with Crippen LogP contribution in [0.2, 0.25) is 0 Å². The fourth-order valence-corrected chi connectivity index (χ4v) is 5.33. The normalized spacial score (nSPS) is 12.5. The van der Waals surface area contributed by atoms with E-state index in [2.05, 4.69) is 9.44 Å². The zero-order chi connectivity index (χ0) is 16.3. The maximum absolute atomic E-state index is 12.1. The minimum atomic E-state index is -4.07. The molecule has 0 radical (unpaired) electrons. The molecule has 1 rings (SSSR count). The third kappa shape index (κ3) is 4.74. The van der Waals surface area contributed by atoms with Gasteiger partial charge in [-0.25, -0.2) is 31.1 Å². The van der Waals surface area contributed by atoms with Gasteiger partial charge >= 0.3 is 5.97 Å². The topological polar surface area (TPSA) is 130 Å². The van der Waals surface area contributed by atoms with Crippen LogP contribution in [-0.4, -0.2) is 46.8 Å². The van der Waals surface area contributed by atoms with Crippen LogP contribution in [0.5, 0.6) is 0 Å². The van der Waals surface area contributed by atoms with E-state index in [-0.39, 0.29) is 22.9 Å². The Labute approximate surface area is 127 Å². The molecule has 0 aliphatic rings. The van der Waals surface area contributed by atoms with Gasteiger partial charge in [-0.3, -0.25) is 0 Å². The molecule has 120 valence electrons. The minimum absolute atomic E-state index is 0.210. The highest BCUT2D eigenvalue weighted by molar-refractivity contribution is 7.90. The average molecular weight is 356 g/mol. The SMILES string of the molecule is CCNS(=O)(=O)CCNS(=O)(=O)c1c(C)csc1C(=O)O. The molecule has 0 fully saturated rings.